The van der Waals surface area contributed by atoms with Gasteiger partial charge in [-0.3, -0.25) is 0 Å². The molecule has 6 heteroatoms. The summed E-state index contributed by atoms with van der Waals surface area (Å²) in [5, 5.41) is 4.18. The number of hydrogen-bond acceptors (Lipinski definition) is 2. The van der Waals surface area contributed by atoms with E-state index in [0.29, 0.717) is 0 Å². The van der Waals surface area contributed by atoms with Crippen molar-refractivity contribution in [3.8, 4) is 5.69 Å². The Morgan fingerprint density at radius 1 is 1.21 bits per heavy atom. The van der Waals surface area contributed by atoms with E-state index in [1.165, 1.54) is 0 Å². The van der Waals surface area contributed by atoms with Gasteiger partial charge in [0.1, 0.15) is 4.60 Å². The number of aromatic nitrogens is 3. The first-order valence-corrected chi connectivity index (χ1v) is 6.07. The average Bonchev–Trinajstić information content (AvgIpc) is 2.57. The molecule has 0 saturated heterocycles. The van der Waals surface area contributed by atoms with Gasteiger partial charge in [-0.2, -0.15) is 5.10 Å². The molecule has 0 bridgehead atoms. The summed E-state index contributed by atoms with van der Waals surface area (Å²) in [5.74, 6) is 0. The van der Waals surface area contributed by atoms with Gasteiger partial charge in [0.25, 0.3) is 0 Å². The first-order chi connectivity index (χ1) is 6.68. The van der Waals surface area contributed by atoms with Crippen LogP contribution in [0.1, 0.15) is 0 Å². The Morgan fingerprint density at radius 2 is 2.00 bits per heavy atom. The molecule has 0 N–H and O–H groups in total. The van der Waals surface area contributed by atoms with E-state index in [0.717, 1.165) is 19.2 Å². The van der Waals surface area contributed by atoms with Crippen LogP contribution in [-0.2, 0) is 0 Å². The molecule has 14 heavy (non-hydrogen) atoms. The standard InChI is InChI=1S/C8H4Br3N3/c9-5-3-13-14(4-5)6-1-2-12-8(11)7(6)10/h1-4H. The predicted octanol–water partition coefficient (Wildman–Crippen LogP) is 3.55. The molecule has 0 aliphatic rings. The number of halogens is 3. The van der Waals surface area contributed by atoms with E-state index in [2.05, 4.69) is 57.9 Å². The summed E-state index contributed by atoms with van der Waals surface area (Å²) in [6, 6.07) is 1.88. The Balaban J connectivity index is 2.57. The minimum Gasteiger partial charge on any atom is -0.248 e. The van der Waals surface area contributed by atoms with Gasteiger partial charge in [-0.1, -0.05) is 0 Å². The number of pyridine rings is 1. The lowest BCUT2D eigenvalue weighted by atomic mass is 10.4. The van der Waals surface area contributed by atoms with Crippen LogP contribution in [0.3, 0.4) is 0 Å². The minimum absolute atomic E-state index is 0.765. The summed E-state index contributed by atoms with van der Waals surface area (Å²) in [4.78, 5) is 4.09. The molecule has 72 valence electrons. The highest BCUT2D eigenvalue weighted by Gasteiger charge is 2.07. The molecule has 0 fully saturated rings. The molecule has 3 nitrogen and oxygen atoms in total. The zero-order valence-electron chi connectivity index (χ0n) is 6.78. The van der Waals surface area contributed by atoms with Crippen LogP contribution in [-0.4, -0.2) is 14.8 Å². The van der Waals surface area contributed by atoms with Crippen molar-refractivity contribution in [1.29, 1.82) is 0 Å². The number of nitrogens with zero attached hydrogens (tertiary/aromatic N) is 3. The second-order valence-electron chi connectivity index (χ2n) is 2.54. The van der Waals surface area contributed by atoms with E-state index in [4.69, 9.17) is 0 Å². The molecule has 0 unspecified atom stereocenters. The van der Waals surface area contributed by atoms with E-state index in [9.17, 15) is 0 Å². The van der Waals surface area contributed by atoms with Crippen molar-refractivity contribution in [3.63, 3.8) is 0 Å². The first-order valence-electron chi connectivity index (χ1n) is 3.69. The lowest BCUT2D eigenvalue weighted by molar-refractivity contribution is 0.870. The number of rotatable bonds is 1. The van der Waals surface area contributed by atoms with Gasteiger partial charge in [0, 0.05) is 12.4 Å². The Labute approximate surface area is 106 Å². The molecule has 0 aromatic carbocycles. The molecule has 0 atom stereocenters. The fourth-order valence-corrected chi connectivity index (χ4v) is 2.04. The van der Waals surface area contributed by atoms with Gasteiger partial charge >= 0.3 is 0 Å². The fourth-order valence-electron chi connectivity index (χ4n) is 1.02. The highest BCUT2D eigenvalue weighted by molar-refractivity contribution is 9.13. The maximum Gasteiger partial charge on any atom is 0.122 e. The topological polar surface area (TPSA) is 30.7 Å². The Hall–Kier alpha value is -0.200. The molecular weight excluding hydrogens is 378 g/mol. The van der Waals surface area contributed by atoms with Crippen molar-refractivity contribution in [2.45, 2.75) is 0 Å². The van der Waals surface area contributed by atoms with Gasteiger partial charge in [0.15, 0.2) is 0 Å². The molecule has 2 aromatic rings. The second-order valence-corrected chi connectivity index (χ2v) is 5.00. The van der Waals surface area contributed by atoms with E-state index >= 15 is 0 Å². The predicted molar refractivity (Wildman–Crippen MR) is 64.5 cm³/mol. The van der Waals surface area contributed by atoms with Gasteiger partial charge in [-0.05, 0) is 53.9 Å². The van der Waals surface area contributed by atoms with Crippen molar-refractivity contribution in [2.24, 2.45) is 0 Å². The summed E-state index contributed by atoms with van der Waals surface area (Å²) < 4.78 is 4.36. The summed E-state index contributed by atoms with van der Waals surface area (Å²) in [7, 11) is 0. The molecular formula is C8H4Br3N3. The Bertz CT molecular complexity index is 467. The first kappa shape index (κ1) is 10.3. The van der Waals surface area contributed by atoms with Crippen molar-refractivity contribution in [1.82, 2.24) is 14.8 Å². The third-order valence-corrected chi connectivity index (χ3v) is 3.95. The van der Waals surface area contributed by atoms with Crippen LogP contribution >= 0.6 is 47.8 Å². The van der Waals surface area contributed by atoms with Crippen LogP contribution in [0.4, 0.5) is 0 Å². The summed E-state index contributed by atoms with van der Waals surface area (Å²) >= 11 is 10.1. The molecule has 2 aromatic heterocycles. The lowest BCUT2D eigenvalue weighted by Crippen LogP contribution is -1.96. The monoisotopic (exact) mass is 379 g/mol. The molecule has 2 rings (SSSR count). The largest absolute Gasteiger partial charge is 0.248 e. The maximum absolute atomic E-state index is 4.18. The molecule has 0 amide bonds. The zero-order chi connectivity index (χ0) is 10.1. The Kier molecular flexibility index (Phi) is 3.04. The summed E-state index contributed by atoms with van der Waals surface area (Å²) in [6.07, 6.45) is 5.34. The van der Waals surface area contributed by atoms with Crippen LogP contribution in [0.5, 0.6) is 0 Å². The van der Waals surface area contributed by atoms with Crippen molar-refractivity contribution in [3.05, 3.63) is 38.2 Å². The normalized spacial score (nSPS) is 10.5. The quantitative estimate of drug-likeness (QED) is 0.707. The third kappa shape index (κ3) is 1.92. The minimum atomic E-state index is 0.765. The van der Waals surface area contributed by atoms with Crippen molar-refractivity contribution < 1.29 is 0 Å². The van der Waals surface area contributed by atoms with Crippen molar-refractivity contribution in [2.75, 3.05) is 0 Å². The van der Waals surface area contributed by atoms with Gasteiger partial charge in [0.2, 0.25) is 0 Å². The summed E-state index contributed by atoms with van der Waals surface area (Å²) in [5.41, 5.74) is 0.942. The highest BCUT2D eigenvalue weighted by Crippen LogP contribution is 2.27. The molecule has 0 aliphatic heterocycles. The van der Waals surface area contributed by atoms with Crippen LogP contribution in [0.2, 0.25) is 0 Å². The van der Waals surface area contributed by atoms with Gasteiger partial charge in [-0.25, -0.2) is 9.67 Å². The van der Waals surface area contributed by atoms with Crippen LogP contribution in [0.15, 0.2) is 38.2 Å². The van der Waals surface area contributed by atoms with E-state index in [-0.39, 0.29) is 0 Å². The molecule has 0 aliphatic carbocycles. The number of hydrogen-bond donors (Lipinski definition) is 0. The smallest absolute Gasteiger partial charge is 0.122 e. The van der Waals surface area contributed by atoms with Crippen molar-refractivity contribution >= 4 is 47.8 Å². The molecule has 0 radical (unpaired) electrons. The average molecular weight is 382 g/mol. The second kappa shape index (κ2) is 4.12. The maximum atomic E-state index is 4.18. The zero-order valence-corrected chi connectivity index (χ0v) is 11.5. The van der Waals surface area contributed by atoms with Gasteiger partial charge in [-0.15, -0.1) is 0 Å². The molecule has 2 heterocycles. The van der Waals surface area contributed by atoms with Crippen LogP contribution < -0.4 is 0 Å². The highest BCUT2D eigenvalue weighted by atomic mass is 79.9. The van der Waals surface area contributed by atoms with Gasteiger partial charge in [0.05, 0.1) is 20.8 Å². The van der Waals surface area contributed by atoms with Crippen LogP contribution in [0.25, 0.3) is 5.69 Å². The lowest BCUT2D eigenvalue weighted by Gasteiger charge is -2.04. The van der Waals surface area contributed by atoms with Gasteiger partial charge < -0.3 is 0 Å². The van der Waals surface area contributed by atoms with Crippen LogP contribution in [0, 0.1) is 0 Å². The Morgan fingerprint density at radius 3 is 2.64 bits per heavy atom. The van der Waals surface area contributed by atoms with E-state index in [1.54, 1.807) is 17.1 Å². The third-order valence-electron chi connectivity index (χ3n) is 1.62. The fraction of sp³-hybridized carbons (Fsp3) is 0. The molecule has 0 spiro atoms. The SMILES string of the molecule is Brc1cnn(-c2ccnc(Br)c2Br)c1. The van der Waals surface area contributed by atoms with E-state index < -0.39 is 0 Å². The van der Waals surface area contributed by atoms with E-state index in [1.807, 2.05) is 12.3 Å². The molecule has 0 saturated carbocycles. The summed E-state index contributed by atoms with van der Waals surface area (Å²) in [6.45, 7) is 0.